The van der Waals surface area contributed by atoms with Gasteiger partial charge in [-0.15, -0.1) is 0 Å². The minimum atomic E-state index is -3.36. The fraction of sp³-hybridized carbons (Fsp3) is 0.316. The van der Waals surface area contributed by atoms with E-state index in [2.05, 4.69) is 5.32 Å². The lowest BCUT2D eigenvalue weighted by Gasteiger charge is -2.20. The molecule has 0 atom stereocenters. The van der Waals surface area contributed by atoms with Gasteiger partial charge in [-0.2, -0.15) is 0 Å². The van der Waals surface area contributed by atoms with E-state index in [0.717, 1.165) is 5.56 Å². The zero-order valence-electron chi connectivity index (χ0n) is 14.9. The molecule has 8 heteroatoms. The third-order valence-electron chi connectivity index (χ3n) is 4.36. The summed E-state index contributed by atoms with van der Waals surface area (Å²) in [4.78, 5) is 12.2. The van der Waals surface area contributed by atoms with Gasteiger partial charge in [0.2, 0.25) is 15.9 Å². The van der Waals surface area contributed by atoms with Crippen molar-refractivity contribution in [2.24, 2.45) is 0 Å². The second-order valence-electron chi connectivity index (χ2n) is 6.31. The van der Waals surface area contributed by atoms with Gasteiger partial charge < -0.3 is 10.1 Å². The first-order chi connectivity index (χ1) is 12.9. The van der Waals surface area contributed by atoms with Crippen LogP contribution in [0.3, 0.4) is 0 Å². The minimum absolute atomic E-state index is 0.0976. The largest absolute Gasteiger partial charge is 0.495 e. The molecule has 1 amide bonds. The lowest BCUT2D eigenvalue weighted by molar-refractivity contribution is -0.116. The smallest absolute Gasteiger partial charge is 0.235 e. The number of nitrogens with zero attached hydrogens (tertiary/aromatic N) is 1. The van der Waals surface area contributed by atoms with Gasteiger partial charge in [0.1, 0.15) is 11.6 Å². The van der Waals surface area contributed by atoms with E-state index in [1.165, 1.54) is 23.5 Å². The minimum Gasteiger partial charge on any atom is -0.495 e. The Balaban J connectivity index is 1.71. The zero-order chi connectivity index (χ0) is 19.4. The van der Waals surface area contributed by atoms with E-state index >= 15 is 0 Å². The number of halogens is 1. The quantitative estimate of drug-likeness (QED) is 0.820. The maximum atomic E-state index is 13.2. The standard InChI is InChI=1S/C19H21FN2O4S/c1-26-18-8-7-16(13-17(18)22-10-3-11-27(22,24)25)21-19(23)9-6-14-4-2-5-15(20)12-14/h2,4-5,7-8,12-13H,3,6,9-11H2,1H3,(H,21,23). The van der Waals surface area contributed by atoms with Gasteiger partial charge in [0, 0.05) is 18.7 Å². The zero-order valence-corrected chi connectivity index (χ0v) is 15.8. The number of carbonyl (C=O) groups is 1. The molecule has 3 rings (SSSR count). The van der Waals surface area contributed by atoms with E-state index in [4.69, 9.17) is 4.74 Å². The number of ether oxygens (including phenoxy) is 1. The number of anilines is 2. The number of amides is 1. The Hall–Kier alpha value is -2.61. The third-order valence-corrected chi connectivity index (χ3v) is 6.22. The number of hydrogen-bond donors (Lipinski definition) is 1. The van der Waals surface area contributed by atoms with E-state index in [1.807, 2.05) is 0 Å². The summed E-state index contributed by atoms with van der Waals surface area (Å²) >= 11 is 0. The predicted molar refractivity (Wildman–Crippen MR) is 102 cm³/mol. The monoisotopic (exact) mass is 392 g/mol. The van der Waals surface area contributed by atoms with E-state index in [-0.39, 0.29) is 23.9 Å². The lowest BCUT2D eigenvalue weighted by Crippen LogP contribution is -2.25. The van der Waals surface area contributed by atoms with Gasteiger partial charge in [0.05, 0.1) is 18.6 Å². The Morgan fingerprint density at radius 1 is 1.26 bits per heavy atom. The molecule has 6 nitrogen and oxygen atoms in total. The number of hydrogen-bond acceptors (Lipinski definition) is 4. The topological polar surface area (TPSA) is 75.7 Å². The summed E-state index contributed by atoms with van der Waals surface area (Å²) in [5.74, 6) is -0.0437. The van der Waals surface area contributed by atoms with Crippen molar-refractivity contribution in [3.05, 3.63) is 53.8 Å². The maximum absolute atomic E-state index is 13.2. The van der Waals surface area contributed by atoms with Crippen molar-refractivity contribution < 1.29 is 22.3 Å². The van der Waals surface area contributed by atoms with Gasteiger partial charge in [-0.05, 0) is 48.7 Å². The van der Waals surface area contributed by atoms with Gasteiger partial charge >= 0.3 is 0 Å². The van der Waals surface area contributed by atoms with Crippen molar-refractivity contribution in [1.82, 2.24) is 0 Å². The molecule has 144 valence electrons. The van der Waals surface area contributed by atoms with Crippen molar-refractivity contribution in [2.75, 3.05) is 29.0 Å². The normalized spacial score (nSPS) is 15.6. The van der Waals surface area contributed by atoms with E-state index in [9.17, 15) is 17.6 Å². The second kappa shape index (κ2) is 7.96. The maximum Gasteiger partial charge on any atom is 0.235 e. The summed E-state index contributed by atoms with van der Waals surface area (Å²) in [5.41, 5.74) is 1.64. The molecule has 0 spiro atoms. The molecule has 27 heavy (non-hydrogen) atoms. The van der Waals surface area contributed by atoms with Crippen molar-refractivity contribution in [1.29, 1.82) is 0 Å². The van der Waals surface area contributed by atoms with Crippen LogP contribution in [0.5, 0.6) is 5.75 Å². The van der Waals surface area contributed by atoms with Crippen LogP contribution in [0.1, 0.15) is 18.4 Å². The third kappa shape index (κ3) is 4.57. The fourth-order valence-electron chi connectivity index (χ4n) is 3.05. The van der Waals surface area contributed by atoms with Gasteiger partial charge in [-0.3, -0.25) is 9.10 Å². The molecule has 0 unspecified atom stereocenters. The fourth-order valence-corrected chi connectivity index (χ4v) is 4.61. The van der Waals surface area contributed by atoms with E-state index in [1.54, 1.807) is 30.3 Å². The average molecular weight is 392 g/mol. The number of methoxy groups -OCH3 is 1. The highest BCUT2D eigenvalue weighted by Gasteiger charge is 2.30. The molecule has 1 heterocycles. The van der Waals surface area contributed by atoms with Crippen molar-refractivity contribution in [3.63, 3.8) is 0 Å². The molecule has 2 aromatic carbocycles. The number of nitrogens with one attached hydrogen (secondary N) is 1. The number of benzene rings is 2. The molecular formula is C19H21FN2O4S. The predicted octanol–water partition coefficient (Wildman–Crippen LogP) is 2.95. The first-order valence-electron chi connectivity index (χ1n) is 8.62. The first-order valence-corrected chi connectivity index (χ1v) is 10.2. The Labute approximate surface area is 158 Å². The number of sulfonamides is 1. The summed E-state index contributed by atoms with van der Waals surface area (Å²) in [6.07, 6.45) is 1.15. The molecule has 1 saturated heterocycles. The van der Waals surface area contributed by atoms with Crippen LogP contribution < -0.4 is 14.4 Å². The molecular weight excluding hydrogens is 371 g/mol. The number of aryl methyl sites for hydroxylation is 1. The molecule has 0 radical (unpaired) electrons. The Morgan fingerprint density at radius 2 is 2.07 bits per heavy atom. The molecule has 0 aromatic heterocycles. The summed E-state index contributed by atoms with van der Waals surface area (Å²) in [6, 6.07) is 11.0. The first kappa shape index (κ1) is 19.2. The number of rotatable bonds is 6. The summed E-state index contributed by atoms with van der Waals surface area (Å²) in [5, 5.41) is 2.76. The van der Waals surface area contributed by atoms with Crippen LogP contribution in [-0.2, 0) is 21.2 Å². The number of carbonyl (C=O) groups excluding carboxylic acids is 1. The van der Waals surface area contributed by atoms with Crippen LogP contribution in [0, 0.1) is 5.82 Å². The lowest BCUT2D eigenvalue weighted by atomic mass is 10.1. The van der Waals surface area contributed by atoms with Gasteiger partial charge in [0.25, 0.3) is 0 Å². The van der Waals surface area contributed by atoms with Crippen LogP contribution >= 0.6 is 0 Å². The average Bonchev–Trinajstić information content (AvgIpc) is 2.99. The summed E-state index contributed by atoms with van der Waals surface area (Å²) in [6.45, 7) is 0.385. The second-order valence-corrected chi connectivity index (χ2v) is 8.32. The molecule has 1 aliphatic heterocycles. The molecule has 1 N–H and O–H groups in total. The molecule has 1 fully saturated rings. The highest BCUT2D eigenvalue weighted by atomic mass is 32.2. The van der Waals surface area contributed by atoms with Gasteiger partial charge in [-0.25, -0.2) is 12.8 Å². The van der Waals surface area contributed by atoms with Crippen molar-refractivity contribution in [2.45, 2.75) is 19.3 Å². The van der Waals surface area contributed by atoms with Crippen LogP contribution in [0.25, 0.3) is 0 Å². The Bertz CT molecular complexity index is 946. The highest BCUT2D eigenvalue weighted by molar-refractivity contribution is 7.93. The summed E-state index contributed by atoms with van der Waals surface area (Å²) < 4.78 is 44.2. The van der Waals surface area contributed by atoms with Gasteiger partial charge in [0.15, 0.2) is 0 Å². The van der Waals surface area contributed by atoms with Crippen LogP contribution in [-0.4, -0.2) is 33.7 Å². The molecule has 0 bridgehead atoms. The van der Waals surface area contributed by atoms with E-state index < -0.39 is 10.0 Å². The highest BCUT2D eigenvalue weighted by Crippen LogP contribution is 2.35. The molecule has 2 aromatic rings. The Kier molecular flexibility index (Phi) is 5.65. The van der Waals surface area contributed by atoms with Crippen LogP contribution in [0.2, 0.25) is 0 Å². The van der Waals surface area contributed by atoms with Crippen LogP contribution in [0.15, 0.2) is 42.5 Å². The molecule has 0 aliphatic carbocycles. The SMILES string of the molecule is COc1ccc(NC(=O)CCc2cccc(F)c2)cc1N1CCCS1(=O)=O. The Morgan fingerprint density at radius 3 is 2.74 bits per heavy atom. The van der Waals surface area contributed by atoms with Gasteiger partial charge in [-0.1, -0.05) is 12.1 Å². The van der Waals surface area contributed by atoms with Crippen molar-refractivity contribution in [3.8, 4) is 5.75 Å². The van der Waals surface area contributed by atoms with Crippen molar-refractivity contribution >= 4 is 27.3 Å². The summed E-state index contributed by atoms with van der Waals surface area (Å²) in [7, 11) is -1.89. The van der Waals surface area contributed by atoms with Crippen LogP contribution in [0.4, 0.5) is 15.8 Å². The van der Waals surface area contributed by atoms with E-state index in [0.29, 0.717) is 36.5 Å². The molecule has 1 aliphatic rings. The molecule has 0 saturated carbocycles.